The van der Waals surface area contributed by atoms with Gasteiger partial charge in [0.25, 0.3) is 0 Å². The first-order valence-electron chi connectivity index (χ1n) is 9.28. The highest BCUT2D eigenvalue weighted by atomic mass is 35.5. The summed E-state index contributed by atoms with van der Waals surface area (Å²) in [6, 6.07) is 22.9. The maximum absolute atomic E-state index is 13.9. The van der Waals surface area contributed by atoms with E-state index in [0.717, 1.165) is 27.6 Å². The van der Waals surface area contributed by atoms with Crippen molar-refractivity contribution in [2.45, 2.75) is 19.7 Å². The normalized spacial score (nSPS) is 10.2. The first-order valence-corrected chi connectivity index (χ1v) is 9.28. The zero-order valence-corrected chi connectivity index (χ0v) is 17.9. The van der Waals surface area contributed by atoms with Crippen molar-refractivity contribution < 1.29 is 9.13 Å². The standard InChI is InChI=1S/C24H21FN2O.2ClH/c25-23-10-4-2-8-20(23)17-28-24-12-11-19-7-1-3-9-21(19)22(24)16-27-15-18-6-5-13-26-14-18;;/h1-14,27H,15-17H2;2*1H. The number of nitrogens with one attached hydrogen (secondary N) is 1. The van der Waals surface area contributed by atoms with Crippen LogP contribution in [0.3, 0.4) is 0 Å². The summed E-state index contributed by atoms with van der Waals surface area (Å²) in [5.41, 5.74) is 2.74. The van der Waals surface area contributed by atoms with E-state index in [4.69, 9.17) is 4.74 Å². The molecule has 0 atom stereocenters. The van der Waals surface area contributed by atoms with E-state index < -0.39 is 0 Å². The molecule has 156 valence electrons. The maximum atomic E-state index is 13.9. The number of ether oxygens (including phenoxy) is 1. The minimum absolute atomic E-state index is 0. The molecule has 0 saturated carbocycles. The molecule has 0 radical (unpaired) electrons. The molecule has 0 unspecified atom stereocenters. The van der Waals surface area contributed by atoms with Crippen molar-refractivity contribution in [3.8, 4) is 5.75 Å². The van der Waals surface area contributed by atoms with Crippen LogP contribution in [0.1, 0.15) is 16.7 Å². The van der Waals surface area contributed by atoms with Crippen molar-refractivity contribution in [1.29, 1.82) is 0 Å². The third-order valence-electron chi connectivity index (χ3n) is 4.69. The number of hydrogen-bond acceptors (Lipinski definition) is 3. The molecule has 1 aromatic heterocycles. The molecule has 3 aromatic carbocycles. The van der Waals surface area contributed by atoms with Gasteiger partial charge in [0.15, 0.2) is 0 Å². The summed E-state index contributed by atoms with van der Waals surface area (Å²) < 4.78 is 20.0. The summed E-state index contributed by atoms with van der Waals surface area (Å²) in [7, 11) is 0. The lowest BCUT2D eigenvalue weighted by Crippen LogP contribution is -2.14. The monoisotopic (exact) mass is 444 g/mol. The van der Waals surface area contributed by atoms with Gasteiger partial charge in [-0.05, 0) is 34.5 Å². The van der Waals surface area contributed by atoms with Crippen LogP contribution in [0.15, 0.2) is 85.2 Å². The van der Waals surface area contributed by atoms with Crippen molar-refractivity contribution in [3.05, 3.63) is 108 Å². The predicted molar refractivity (Wildman–Crippen MR) is 124 cm³/mol. The van der Waals surface area contributed by atoms with E-state index in [1.165, 1.54) is 6.07 Å². The highest BCUT2D eigenvalue weighted by Gasteiger charge is 2.10. The fourth-order valence-corrected chi connectivity index (χ4v) is 3.24. The molecule has 0 saturated heterocycles. The van der Waals surface area contributed by atoms with E-state index in [1.807, 2.05) is 48.7 Å². The maximum Gasteiger partial charge on any atom is 0.129 e. The lowest BCUT2D eigenvalue weighted by molar-refractivity contribution is 0.296. The number of rotatable bonds is 7. The Morgan fingerprint density at radius 3 is 2.43 bits per heavy atom. The average Bonchev–Trinajstić information content (AvgIpc) is 2.74. The van der Waals surface area contributed by atoms with Crippen LogP contribution < -0.4 is 10.1 Å². The van der Waals surface area contributed by atoms with Crippen LogP contribution in [0.2, 0.25) is 0 Å². The van der Waals surface area contributed by atoms with Crippen LogP contribution in [0.25, 0.3) is 10.8 Å². The number of benzene rings is 3. The van der Waals surface area contributed by atoms with E-state index in [1.54, 1.807) is 18.3 Å². The molecule has 0 aliphatic rings. The van der Waals surface area contributed by atoms with E-state index in [2.05, 4.69) is 22.4 Å². The highest BCUT2D eigenvalue weighted by Crippen LogP contribution is 2.29. The van der Waals surface area contributed by atoms with Crippen molar-refractivity contribution in [2.24, 2.45) is 0 Å². The summed E-state index contributed by atoms with van der Waals surface area (Å²) in [4.78, 5) is 4.15. The number of aromatic nitrogens is 1. The Labute approximate surface area is 188 Å². The van der Waals surface area contributed by atoms with E-state index in [0.29, 0.717) is 18.7 Å². The van der Waals surface area contributed by atoms with Gasteiger partial charge in [0.2, 0.25) is 0 Å². The second-order valence-electron chi connectivity index (χ2n) is 6.61. The van der Waals surface area contributed by atoms with Crippen LogP contribution in [0.4, 0.5) is 4.39 Å². The van der Waals surface area contributed by atoms with Gasteiger partial charge in [-0.25, -0.2) is 4.39 Å². The molecule has 30 heavy (non-hydrogen) atoms. The van der Waals surface area contributed by atoms with Crippen LogP contribution in [-0.2, 0) is 19.7 Å². The molecule has 3 nitrogen and oxygen atoms in total. The smallest absolute Gasteiger partial charge is 0.129 e. The molecule has 0 amide bonds. The molecule has 0 aliphatic heterocycles. The Hall–Kier alpha value is -2.66. The number of pyridine rings is 1. The summed E-state index contributed by atoms with van der Waals surface area (Å²) >= 11 is 0. The fraction of sp³-hybridized carbons (Fsp3) is 0.125. The molecule has 1 N–H and O–H groups in total. The van der Waals surface area contributed by atoms with Crippen LogP contribution in [-0.4, -0.2) is 4.98 Å². The average molecular weight is 445 g/mol. The molecule has 0 aliphatic carbocycles. The van der Waals surface area contributed by atoms with Gasteiger partial charge >= 0.3 is 0 Å². The SMILES string of the molecule is Cl.Cl.Fc1ccccc1COc1ccc2ccccc2c1CNCc1cccnc1. The summed E-state index contributed by atoms with van der Waals surface area (Å²) in [6.45, 7) is 1.55. The zero-order valence-electron chi connectivity index (χ0n) is 16.3. The minimum Gasteiger partial charge on any atom is -0.488 e. The van der Waals surface area contributed by atoms with Gasteiger partial charge in [0.05, 0.1) is 0 Å². The van der Waals surface area contributed by atoms with Gasteiger partial charge in [-0.3, -0.25) is 4.98 Å². The third-order valence-corrected chi connectivity index (χ3v) is 4.69. The van der Waals surface area contributed by atoms with Gasteiger partial charge in [-0.2, -0.15) is 0 Å². The van der Waals surface area contributed by atoms with Crippen LogP contribution in [0, 0.1) is 5.82 Å². The highest BCUT2D eigenvalue weighted by molar-refractivity contribution is 5.87. The topological polar surface area (TPSA) is 34.1 Å². The Bertz CT molecular complexity index is 1080. The molecular formula is C24H23Cl2FN2O. The summed E-state index contributed by atoms with van der Waals surface area (Å²) in [5, 5.41) is 5.75. The Morgan fingerprint density at radius 2 is 1.63 bits per heavy atom. The first kappa shape index (κ1) is 23.6. The molecule has 4 aromatic rings. The van der Waals surface area contributed by atoms with Crippen molar-refractivity contribution >= 4 is 35.6 Å². The van der Waals surface area contributed by atoms with Crippen molar-refractivity contribution in [2.75, 3.05) is 0 Å². The van der Waals surface area contributed by atoms with Crippen LogP contribution in [0.5, 0.6) is 5.75 Å². The third kappa shape index (κ3) is 5.70. The molecule has 1 heterocycles. The van der Waals surface area contributed by atoms with Crippen molar-refractivity contribution in [1.82, 2.24) is 10.3 Å². The molecule has 4 rings (SSSR count). The fourth-order valence-electron chi connectivity index (χ4n) is 3.24. The largest absolute Gasteiger partial charge is 0.488 e. The van der Waals surface area contributed by atoms with E-state index in [9.17, 15) is 4.39 Å². The molecule has 6 heteroatoms. The quantitative estimate of drug-likeness (QED) is 0.374. The molecule has 0 fully saturated rings. The van der Waals surface area contributed by atoms with Crippen LogP contribution >= 0.6 is 24.8 Å². The Balaban J connectivity index is 0.00000160. The minimum atomic E-state index is -0.250. The molecule has 0 bridgehead atoms. The van der Waals surface area contributed by atoms with E-state index >= 15 is 0 Å². The number of fused-ring (bicyclic) bond motifs is 1. The predicted octanol–water partition coefficient (Wildman–Crippen LogP) is 6.09. The summed E-state index contributed by atoms with van der Waals surface area (Å²) in [6.07, 6.45) is 3.62. The Kier molecular flexibility index (Phi) is 9.06. The van der Waals surface area contributed by atoms with Gasteiger partial charge in [0.1, 0.15) is 18.2 Å². The second kappa shape index (κ2) is 11.5. The van der Waals surface area contributed by atoms with Gasteiger partial charge in [-0.1, -0.05) is 54.6 Å². The lowest BCUT2D eigenvalue weighted by Gasteiger charge is -2.15. The van der Waals surface area contributed by atoms with Crippen molar-refractivity contribution in [3.63, 3.8) is 0 Å². The zero-order chi connectivity index (χ0) is 19.2. The first-order chi connectivity index (χ1) is 13.8. The lowest BCUT2D eigenvalue weighted by atomic mass is 10.0. The number of hydrogen-bond donors (Lipinski definition) is 1. The second-order valence-corrected chi connectivity index (χ2v) is 6.61. The molecular weight excluding hydrogens is 422 g/mol. The molecule has 0 spiro atoms. The number of halogens is 3. The van der Waals surface area contributed by atoms with Gasteiger partial charge in [-0.15, -0.1) is 24.8 Å². The van der Waals surface area contributed by atoms with E-state index in [-0.39, 0.29) is 37.2 Å². The Morgan fingerprint density at radius 1 is 0.833 bits per heavy atom. The van der Waals surface area contributed by atoms with Gasteiger partial charge in [0, 0.05) is 36.6 Å². The summed E-state index contributed by atoms with van der Waals surface area (Å²) in [5.74, 6) is 0.514. The number of nitrogens with zero attached hydrogens (tertiary/aromatic N) is 1. The van der Waals surface area contributed by atoms with Gasteiger partial charge < -0.3 is 10.1 Å².